The van der Waals surface area contributed by atoms with Gasteiger partial charge in [-0.1, -0.05) is 42.5 Å². The molecule has 2 aromatic rings. The van der Waals surface area contributed by atoms with Gasteiger partial charge in [-0.3, -0.25) is 9.10 Å². The van der Waals surface area contributed by atoms with Crippen molar-refractivity contribution in [2.24, 2.45) is 0 Å². The number of carbonyl (C=O) groups excluding carboxylic acids is 1. The third-order valence-corrected chi connectivity index (χ3v) is 6.00. The molecular weight excluding hydrogens is 340 g/mol. The molecule has 1 heterocycles. The van der Waals surface area contributed by atoms with Gasteiger partial charge in [0.1, 0.15) is 0 Å². The lowest BCUT2D eigenvalue weighted by atomic mass is 10.1. The van der Waals surface area contributed by atoms with Crippen LogP contribution in [0.5, 0.6) is 0 Å². The lowest BCUT2D eigenvalue weighted by molar-refractivity contribution is -0.119. The summed E-state index contributed by atoms with van der Waals surface area (Å²) in [5, 5.41) is 13.2. The Morgan fingerprint density at radius 1 is 1.08 bits per heavy atom. The molecule has 2 aromatic carbocycles. The van der Waals surface area contributed by atoms with Crippen LogP contribution in [0.1, 0.15) is 24.1 Å². The first-order chi connectivity index (χ1) is 11.8. The molecule has 2 N–H and O–H groups in total. The summed E-state index contributed by atoms with van der Waals surface area (Å²) in [7, 11) is -2.64. The number of aliphatic hydroxyl groups is 1. The number of hydrogen-bond acceptors (Lipinski definition) is 4. The highest BCUT2D eigenvalue weighted by Gasteiger charge is 2.37. The summed E-state index contributed by atoms with van der Waals surface area (Å²) in [5.41, 5.74) is 0.706. The van der Waals surface area contributed by atoms with Gasteiger partial charge in [0, 0.05) is 12.6 Å². The molecule has 0 saturated carbocycles. The van der Waals surface area contributed by atoms with Crippen LogP contribution >= 0.6 is 0 Å². The van der Waals surface area contributed by atoms with E-state index in [2.05, 4.69) is 5.32 Å². The molecule has 0 radical (unpaired) electrons. The topological polar surface area (TPSA) is 86.7 Å². The molecule has 6 nitrogen and oxygen atoms in total. The molecule has 130 valence electrons. The maximum atomic E-state index is 12.7. The smallest absolute Gasteiger partial charge is 0.272 e. The van der Waals surface area contributed by atoms with Crippen LogP contribution in [0.2, 0.25) is 0 Å². The van der Waals surface area contributed by atoms with Crippen molar-refractivity contribution in [3.63, 3.8) is 0 Å². The van der Waals surface area contributed by atoms with Crippen LogP contribution in [-0.2, 0) is 14.8 Å². The van der Waals surface area contributed by atoms with Crippen LogP contribution in [0, 0.1) is 0 Å². The Labute approximate surface area is 146 Å². The van der Waals surface area contributed by atoms with Gasteiger partial charge in [0.25, 0.3) is 15.9 Å². The van der Waals surface area contributed by atoms with E-state index in [1.807, 2.05) is 30.3 Å². The highest BCUT2D eigenvalue weighted by molar-refractivity contribution is 7.89. The molecule has 25 heavy (non-hydrogen) atoms. The van der Waals surface area contributed by atoms with Crippen LogP contribution < -0.4 is 5.32 Å². The molecule has 1 unspecified atom stereocenters. The highest BCUT2D eigenvalue weighted by Crippen LogP contribution is 2.34. The number of nitrogens with one attached hydrogen (secondary N) is 1. The van der Waals surface area contributed by atoms with Crippen molar-refractivity contribution in [2.75, 3.05) is 7.05 Å². The number of hydrogen-bond donors (Lipinski definition) is 2. The molecule has 1 aliphatic rings. The standard InChI is InChI=1S/C18H18N2O4S/c1-12(13-8-4-3-5-9-13)19-18(22)16-17(21)14-10-6-7-11-15(14)25(23,24)20(16)2/h3-12,21H,1-2H3,(H,19,22). The second kappa shape index (κ2) is 6.25. The summed E-state index contributed by atoms with van der Waals surface area (Å²) >= 11 is 0. The van der Waals surface area contributed by atoms with Crippen molar-refractivity contribution in [3.05, 3.63) is 71.4 Å². The summed E-state index contributed by atoms with van der Waals surface area (Å²) in [5.74, 6) is -1.01. The third kappa shape index (κ3) is 2.87. The van der Waals surface area contributed by atoms with Gasteiger partial charge < -0.3 is 10.4 Å². The van der Waals surface area contributed by atoms with E-state index < -0.39 is 15.9 Å². The summed E-state index contributed by atoms with van der Waals surface area (Å²) < 4.78 is 26.1. The largest absolute Gasteiger partial charge is 0.505 e. The predicted molar refractivity (Wildman–Crippen MR) is 93.9 cm³/mol. The fourth-order valence-electron chi connectivity index (χ4n) is 2.77. The van der Waals surface area contributed by atoms with Gasteiger partial charge in [0.2, 0.25) is 0 Å². The predicted octanol–water partition coefficient (Wildman–Crippen LogP) is 2.42. The van der Waals surface area contributed by atoms with Crippen LogP contribution in [-0.4, -0.2) is 30.8 Å². The molecule has 0 saturated heterocycles. The number of rotatable bonds is 3. The molecule has 1 atom stereocenters. The second-order valence-electron chi connectivity index (χ2n) is 5.77. The molecule has 1 amide bonds. The van der Waals surface area contributed by atoms with E-state index in [0.29, 0.717) is 0 Å². The van der Waals surface area contributed by atoms with Gasteiger partial charge in [-0.2, -0.15) is 0 Å². The van der Waals surface area contributed by atoms with Crippen molar-refractivity contribution in [3.8, 4) is 0 Å². The van der Waals surface area contributed by atoms with Gasteiger partial charge >= 0.3 is 0 Å². The normalized spacial score (nSPS) is 17.0. The van der Waals surface area contributed by atoms with E-state index in [9.17, 15) is 18.3 Å². The molecule has 0 aromatic heterocycles. The van der Waals surface area contributed by atoms with Gasteiger partial charge in [-0.25, -0.2) is 8.42 Å². The first-order valence-corrected chi connectivity index (χ1v) is 9.15. The Balaban J connectivity index is 2.00. The van der Waals surface area contributed by atoms with Crippen molar-refractivity contribution >= 4 is 21.7 Å². The zero-order valence-corrected chi connectivity index (χ0v) is 14.6. The number of aliphatic hydroxyl groups excluding tert-OH is 1. The number of likely N-dealkylation sites (N-methyl/N-ethyl adjacent to an activating group) is 1. The zero-order valence-electron chi connectivity index (χ0n) is 13.8. The number of nitrogens with zero attached hydrogens (tertiary/aromatic N) is 1. The van der Waals surface area contributed by atoms with Crippen molar-refractivity contribution in [1.82, 2.24) is 9.62 Å². The number of benzene rings is 2. The third-order valence-electron chi connectivity index (χ3n) is 4.18. The summed E-state index contributed by atoms with van der Waals surface area (Å²) in [4.78, 5) is 12.6. The second-order valence-corrected chi connectivity index (χ2v) is 7.71. The lowest BCUT2D eigenvalue weighted by Crippen LogP contribution is -2.40. The molecular formula is C18H18N2O4S. The molecule has 0 spiro atoms. The van der Waals surface area contributed by atoms with Crippen LogP contribution in [0.4, 0.5) is 0 Å². The van der Waals surface area contributed by atoms with Gasteiger partial charge in [-0.05, 0) is 24.6 Å². The molecule has 0 aliphatic carbocycles. The van der Waals surface area contributed by atoms with Crippen molar-refractivity contribution in [2.45, 2.75) is 17.9 Å². The van der Waals surface area contributed by atoms with Gasteiger partial charge in [-0.15, -0.1) is 0 Å². The Bertz CT molecular complexity index is 952. The number of carbonyl (C=O) groups is 1. The average molecular weight is 358 g/mol. The summed E-state index contributed by atoms with van der Waals surface area (Å²) in [6, 6.07) is 15.0. The van der Waals surface area contributed by atoms with Crippen LogP contribution in [0.25, 0.3) is 5.76 Å². The quantitative estimate of drug-likeness (QED) is 0.882. The fraction of sp³-hybridized carbons (Fsp3) is 0.167. The van der Waals surface area contributed by atoms with E-state index in [0.717, 1.165) is 9.87 Å². The maximum absolute atomic E-state index is 12.7. The minimum Gasteiger partial charge on any atom is -0.505 e. The SMILES string of the molecule is CC(NC(=O)C1=C(O)c2ccccc2S(=O)(=O)N1C)c1ccccc1. The molecule has 7 heteroatoms. The van der Waals surface area contributed by atoms with E-state index in [1.165, 1.54) is 19.2 Å². The fourth-order valence-corrected chi connectivity index (χ4v) is 4.17. The summed E-state index contributed by atoms with van der Waals surface area (Å²) in [6.07, 6.45) is 0. The van der Waals surface area contributed by atoms with Crippen molar-refractivity contribution in [1.29, 1.82) is 0 Å². The number of amides is 1. The first-order valence-electron chi connectivity index (χ1n) is 7.71. The Morgan fingerprint density at radius 3 is 2.36 bits per heavy atom. The Morgan fingerprint density at radius 2 is 1.68 bits per heavy atom. The monoisotopic (exact) mass is 358 g/mol. The zero-order chi connectivity index (χ0) is 18.2. The van der Waals surface area contributed by atoms with Crippen LogP contribution in [0.3, 0.4) is 0 Å². The number of sulfonamides is 1. The average Bonchev–Trinajstić information content (AvgIpc) is 2.61. The molecule has 1 aliphatic heterocycles. The van der Waals surface area contributed by atoms with Crippen molar-refractivity contribution < 1.29 is 18.3 Å². The minimum absolute atomic E-state index is 0.0253. The molecule has 0 fully saturated rings. The molecule has 3 rings (SSSR count). The first kappa shape index (κ1) is 17.0. The maximum Gasteiger partial charge on any atom is 0.272 e. The number of fused-ring (bicyclic) bond motifs is 1. The van der Waals surface area contributed by atoms with E-state index >= 15 is 0 Å². The lowest BCUT2D eigenvalue weighted by Gasteiger charge is -2.29. The Kier molecular flexibility index (Phi) is 4.26. The molecule has 0 bridgehead atoms. The van der Waals surface area contributed by atoms with Gasteiger partial charge in [0.05, 0.1) is 10.9 Å². The van der Waals surface area contributed by atoms with Gasteiger partial charge in [0.15, 0.2) is 11.5 Å². The van der Waals surface area contributed by atoms with E-state index in [-0.39, 0.29) is 28.0 Å². The minimum atomic E-state index is -3.89. The summed E-state index contributed by atoms with van der Waals surface area (Å²) in [6.45, 7) is 1.79. The van der Waals surface area contributed by atoms with E-state index in [1.54, 1.807) is 19.1 Å². The highest BCUT2D eigenvalue weighted by atomic mass is 32.2. The van der Waals surface area contributed by atoms with E-state index in [4.69, 9.17) is 0 Å². The Hall–Kier alpha value is -2.80. The van der Waals surface area contributed by atoms with Crippen LogP contribution in [0.15, 0.2) is 65.2 Å².